The van der Waals surface area contributed by atoms with Gasteiger partial charge < -0.3 is 10.5 Å². The Morgan fingerprint density at radius 2 is 1.79 bits per heavy atom. The van der Waals surface area contributed by atoms with Crippen LogP contribution in [0, 0.1) is 6.92 Å². The molecule has 0 heterocycles. The molecule has 0 aliphatic heterocycles. The molecule has 0 unspecified atom stereocenters. The number of ether oxygens (including phenoxy) is 1. The molecule has 3 heteroatoms. The molecule has 1 saturated carbocycles. The summed E-state index contributed by atoms with van der Waals surface area (Å²) in [6, 6.07) is 8.20. The summed E-state index contributed by atoms with van der Waals surface area (Å²) in [4.78, 5) is 12.5. The highest BCUT2D eigenvalue weighted by atomic mass is 16.6. The molecule has 0 aromatic heterocycles. The average Bonchev–Trinajstić information content (AvgIpc) is 2.23. The molecule has 0 radical (unpaired) electrons. The minimum Gasteiger partial charge on any atom is -0.459 e. The van der Waals surface area contributed by atoms with E-state index in [9.17, 15) is 4.79 Å². The second kappa shape index (κ2) is 4.64. The third kappa shape index (κ3) is 2.81. The molecule has 3 nitrogen and oxygen atoms in total. The Labute approximate surface area is 115 Å². The van der Waals surface area contributed by atoms with Gasteiger partial charge in [0.2, 0.25) is 0 Å². The summed E-state index contributed by atoms with van der Waals surface area (Å²) in [5.74, 6) is -0.148. The lowest BCUT2D eigenvalue weighted by molar-refractivity contribution is -0.166. The van der Waals surface area contributed by atoms with E-state index in [2.05, 4.69) is 0 Å². The monoisotopic (exact) mass is 261 g/mol. The smallest absolute Gasteiger partial charge is 0.317 e. The van der Waals surface area contributed by atoms with Gasteiger partial charge in [0.05, 0.1) is 5.41 Å². The van der Waals surface area contributed by atoms with E-state index in [1.165, 1.54) is 5.56 Å². The van der Waals surface area contributed by atoms with Gasteiger partial charge in [-0.3, -0.25) is 4.79 Å². The second-order valence-corrected chi connectivity index (χ2v) is 6.62. The molecule has 0 spiro atoms. The first-order chi connectivity index (χ1) is 8.73. The number of esters is 1. The van der Waals surface area contributed by atoms with E-state index in [-0.39, 0.29) is 12.0 Å². The number of benzene rings is 1. The van der Waals surface area contributed by atoms with Gasteiger partial charge >= 0.3 is 5.97 Å². The zero-order chi connectivity index (χ0) is 14.3. The third-order valence-electron chi connectivity index (χ3n) is 3.62. The van der Waals surface area contributed by atoms with E-state index < -0.39 is 11.0 Å². The largest absolute Gasteiger partial charge is 0.459 e. The van der Waals surface area contributed by atoms with Crippen LogP contribution < -0.4 is 5.73 Å². The predicted octanol–water partition coefficient (Wildman–Crippen LogP) is 2.70. The first-order valence-electron chi connectivity index (χ1n) is 6.79. The molecule has 1 aliphatic rings. The van der Waals surface area contributed by atoms with Crippen LogP contribution in [-0.4, -0.2) is 17.6 Å². The molecule has 0 bridgehead atoms. The van der Waals surface area contributed by atoms with Crippen molar-refractivity contribution < 1.29 is 9.53 Å². The second-order valence-electron chi connectivity index (χ2n) is 6.62. The van der Waals surface area contributed by atoms with E-state index >= 15 is 0 Å². The Morgan fingerprint density at radius 1 is 1.26 bits per heavy atom. The van der Waals surface area contributed by atoms with Crippen LogP contribution in [-0.2, 0) is 14.9 Å². The quantitative estimate of drug-likeness (QED) is 0.833. The van der Waals surface area contributed by atoms with Crippen molar-refractivity contribution in [2.24, 2.45) is 5.73 Å². The van der Waals surface area contributed by atoms with Gasteiger partial charge in [-0.15, -0.1) is 0 Å². The molecule has 0 saturated heterocycles. The molecule has 1 aromatic rings. The standard InChI is InChI=1S/C16H23NO2/c1-11-5-7-12(8-6-11)16(9-13(17)10-16)14(18)19-15(2,3)4/h5-8,13H,9-10,17H2,1-4H3. The molecule has 1 aliphatic carbocycles. The Bertz CT molecular complexity index is 465. The lowest BCUT2D eigenvalue weighted by Crippen LogP contribution is -2.55. The molecular weight excluding hydrogens is 238 g/mol. The van der Waals surface area contributed by atoms with Crippen molar-refractivity contribution in [1.29, 1.82) is 0 Å². The normalized spacial score (nSPS) is 26.7. The number of hydrogen-bond acceptors (Lipinski definition) is 3. The van der Waals surface area contributed by atoms with E-state index in [1.54, 1.807) is 0 Å². The number of rotatable bonds is 2. The molecule has 19 heavy (non-hydrogen) atoms. The zero-order valence-electron chi connectivity index (χ0n) is 12.2. The summed E-state index contributed by atoms with van der Waals surface area (Å²) >= 11 is 0. The van der Waals surface area contributed by atoms with Gasteiger partial charge in [-0.05, 0) is 46.1 Å². The maximum absolute atomic E-state index is 12.5. The molecule has 1 aromatic carbocycles. The fourth-order valence-corrected chi connectivity index (χ4v) is 2.60. The molecule has 1 fully saturated rings. The van der Waals surface area contributed by atoms with Gasteiger partial charge in [-0.2, -0.15) is 0 Å². The highest BCUT2D eigenvalue weighted by Crippen LogP contribution is 2.44. The number of carbonyl (C=O) groups excluding carboxylic acids is 1. The molecule has 104 valence electrons. The maximum Gasteiger partial charge on any atom is 0.317 e. The fraction of sp³-hybridized carbons (Fsp3) is 0.562. The van der Waals surface area contributed by atoms with Gasteiger partial charge in [-0.25, -0.2) is 0 Å². The van der Waals surface area contributed by atoms with Crippen molar-refractivity contribution in [3.05, 3.63) is 35.4 Å². The van der Waals surface area contributed by atoms with Crippen LogP contribution in [0.4, 0.5) is 0 Å². The van der Waals surface area contributed by atoms with Crippen LogP contribution in [0.1, 0.15) is 44.7 Å². The summed E-state index contributed by atoms with van der Waals surface area (Å²) in [5.41, 5.74) is 7.12. The Balaban J connectivity index is 2.28. The third-order valence-corrected chi connectivity index (χ3v) is 3.62. The highest BCUT2D eigenvalue weighted by Gasteiger charge is 2.52. The lowest BCUT2D eigenvalue weighted by Gasteiger charge is -2.45. The van der Waals surface area contributed by atoms with Crippen molar-refractivity contribution in [3.63, 3.8) is 0 Å². The fourth-order valence-electron chi connectivity index (χ4n) is 2.60. The highest BCUT2D eigenvalue weighted by molar-refractivity contribution is 5.85. The molecule has 0 amide bonds. The van der Waals surface area contributed by atoms with Crippen LogP contribution in [0.15, 0.2) is 24.3 Å². The van der Waals surface area contributed by atoms with Crippen molar-refractivity contribution in [2.45, 2.75) is 57.6 Å². The van der Waals surface area contributed by atoms with Crippen molar-refractivity contribution in [1.82, 2.24) is 0 Å². The lowest BCUT2D eigenvalue weighted by atomic mass is 9.61. The molecule has 0 atom stereocenters. The summed E-state index contributed by atoms with van der Waals surface area (Å²) in [5, 5.41) is 0. The van der Waals surface area contributed by atoms with Crippen LogP contribution in [0.25, 0.3) is 0 Å². The summed E-state index contributed by atoms with van der Waals surface area (Å²) < 4.78 is 5.58. The van der Waals surface area contributed by atoms with Crippen molar-refractivity contribution >= 4 is 5.97 Å². The van der Waals surface area contributed by atoms with Crippen LogP contribution in [0.3, 0.4) is 0 Å². The Hall–Kier alpha value is -1.35. The maximum atomic E-state index is 12.5. The molecule has 2 rings (SSSR count). The van der Waals surface area contributed by atoms with Crippen LogP contribution in [0.2, 0.25) is 0 Å². The SMILES string of the molecule is Cc1ccc(C2(C(=O)OC(C)(C)C)CC(N)C2)cc1. The minimum absolute atomic E-state index is 0.0915. The first kappa shape index (κ1) is 14.1. The van der Waals surface area contributed by atoms with Gasteiger partial charge in [0.15, 0.2) is 0 Å². The van der Waals surface area contributed by atoms with Crippen molar-refractivity contribution in [2.75, 3.05) is 0 Å². The van der Waals surface area contributed by atoms with E-state index in [0.29, 0.717) is 12.8 Å². The summed E-state index contributed by atoms with van der Waals surface area (Å²) in [6.07, 6.45) is 1.34. The molecular formula is C16H23NO2. The van der Waals surface area contributed by atoms with E-state index in [1.807, 2.05) is 52.0 Å². The zero-order valence-corrected chi connectivity index (χ0v) is 12.2. The predicted molar refractivity (Wildman–Crippen MR) is 75.9 cm³/mol. The summed E-state index contributed by atoms with van der Waals surface area (Å²) in [7, 11) is 0. The van der Waals surface area contributed by atoms with Gasteiger partial charge in [0, 0.05) is 6.04 Å². The summed E-state index contributed by atoms with van der Waals surface area (Å²) in [6.45, 7) is 7.72. The Morgan fingerprint density at radius 3 is 2.21 bits per heavy atom. The van der Waals surface area contributed by atoms with E-state index in [0.717, 1.165) is 5.56 Å². The van der Waals surface area contributed by atoms with E-state index in [4.69, 9.17) is 10.5 Å². The van der Waals surface area contributed by atoms with Crippen LogP contribution >= 0.6 is 0 Å². The number of aryl methyl sites for hydroxylation is 1. The Kier molecular flexibility index (Phi) is 3.43. The van der Waals surface area contributed by atoms with Gasteiger partial charge in [-0.1, -0.05) is 29.8 Å². The molecule has 2 N–H and O–H groups in total. The minimum atomic E-state index is -0.541. The number of carbonyl (C=O) groups is 1. The van der Waals surface area contributed by atoms with Crippen molar-refractivity contribution in [3.8, 4) is 0 Å². The van der Waals surface area contributed by atoms with Gasteiger partial charge in [0.1, 0.15) is 5.60 Å². The number of hydrogen-bond donors (Lipinski definition) is 1. The topological polar surface area (TPSA) is 52.3 Å². The number of nitrogens with two attached hydrogens (primary N) is 1. The average molecular weight is 261 g/mol. The van der Waals surface area contributed by atoms with Gasteiger partial charge in [0.25, 0.3) is 0 Å². The van der Waals surface area contributed by atoms with Crippen LogP contribution in [0.5, 0.6) is 0 Å². The first-order valence-corrected chi connectivity index (χ1v) is 6.79.